The van der Waals surface area contributed by atoms with E-state index in [4.69, 9.17) is 5.11 Å². The first-order valence-corrected chi connectivity index (χ1v) is 6.76. The summed E-state index contributed by atoms with van der Waals surface area (Å²) in [4.78, 5) is 13.3. The van der Waals surface area contributed by atoms with Gasteiger partial charge in [0.25, 0.3) is 0 Å². The lowest BCUT2D eigenvalue weighted by atomic mass is 9.85. The van der Waals surface area contributed by atoms with Gasteiger partial charge in [-0.2, -0.15) is 0 Å². The van der Waals surface area contributed by atoms with Gasteiger partial charge in [-0.05, 0) is 52.0 Å². The molecule has 0 aromatic rings. The smallest absolute Gasteiger partial charge is 0.306 e. The summed E-state index contributed by atoms with van der Waals surface area (Å²) in [6.07, 6.45) is 5.51. The van der Waals surface area contributed by atoms with E-state index in [-0.39, 0.29) is 12.0 Å². The van der Waals surface area contributed by atoms with Crippen molar-refractivity contribution in [2.45, 2.75) is 63.6 Å². The minimum atomic E-state index is -0.642. The summed E-state index contributed by atoms with van der Waals surface area (Å²) in [5.41, 5.74) is 0. The van der Waals surface area contributed by atoms with Gasteiger partial charge >= 0.3 is 5.97 Å². The predicted molar refractivity (Wildman–Crippen MR) is 64.8 cm³/mol. The Morgan fingerprint density at radius 1 is 1.24 bits per heavy atom. The van der Waals surface area contributed by atoms with Crippen LogP contribution in [-0.4, -0.2) is 45.8 Å². The van der Waals surface area contributed by atoms with Gasteiger partial charge < -0.3 is 10.2 Å². The highest BCUT2D eigenvalue weighted by Gasteiger charge is 2.36. The Balaban J connectivity index is 1.90. The van der Waals surface area contributed by atoms with Crippen molar-refractivity contribution in [2.24, 2.45) is 5.92 Å². The molecule has 0 aromatic heterocycles. The molecular formula is C13H23NO3. The zero-order valence-electron chi connectivity index (χ0n) is 10.5. The number of carbonyl (C=O) groups is 1. The number of rotatable bonds is 3. The van der Waals surface area contributed by atoms with Crippen molar-refractivity contribution in [2.75, 3.05) is 6.54 Å². The SMILES string of the molecule is C[C@H](O)[C@H]1CCCN1C1CCC(C(=O)O)CC1. The Hall–Kier alpha value is -0.610. The number of carboxylic acid groups (broad SMARTS) is 1. The fourth-order valence-corrected chi connectivity index (χ4v) is 3.44. The molecule has 1 saturated carbocycles. The third kappa shape index (κ3) is 2.80. The molecule has 0 aromatic carbocycles. The average molecular weight is 241 g/mol. The van der Waals surface area contributed by atoms with Crippen LogP contribution in [0.25, 0.3) is 0 Å². The van der Waals surface area contributed by atoms with E-state index in [1.54, 1.807) is 0 Å². The van der Waals surface area contributed by atoms with E-state index >= 15 is 0 Å². The van der Waals surface area contributed by atoms with Crippen LogP contribution in [0, 0.1) is 5.92 Å². The number of carboxylic acids is 1. The Morgan fingerprint density at radius 3 is 2.41 bits per heavy atom. The molecule has 2 fully saturated rings. The number of hydrogen-bond donors (Lipinski definition) is 2. The van der Waals surface area contributed by atoms with Crippen molar-refractivity contribution in [3.05, 3.63) is 0 Å². The lowest BCUT2D eigenvalue weighted by Gasteiger charge is -2.38. The van der Waals surface area contributed by atoms with Crippen molar-refractivity contribution in [1.82, 2.24) is 4.90 Å². The summed E-state index contributed by atoms with van der Waals surface area (Å²) < 4.78 is 0. The van der Waals surface area contributed by atoms with E-state index < -0.39 is 5.97 Å². The predicted octanol–water partition coefficient (Wildman–Crippen LogP) is 1.47. The summed E-state index contributed by atoms with van der Waals surface area (Å²) >= 11 is 0. The first kappa shape index (κ1) is 12.8. The number of aliphatic carboxylic acids is 1. The molecule has 1 saturated heterocycles. The summed E-state index contributed by atoms with van der Waals surface area (Å²) in [5.74, 6) is -0.782. The van der Waals surface area contributed by atoms with E-state index in [1.807, 2.05) is 6.92 Å². The molecule has 0 radical (unpaired) electrons. The van der Waals surface area contributed by atoms with Crippen LogP contribution in [0.2, 0.25) is 0 Å². The zero-order valence-corrected chi connectivity index (χ0v) is 10.5. The maximum Gasteiger partial charge on any atom is 0.306 e. The van der Waals surface area contributed by atoms with Gasteiger partial charge in [0.15, 0.2) is 0 Å². The van der Waals surface area contributed by atoms with Crippen LogP contribution in [0.5, 0.6) is 0 Å². The second-order valence-electron chi connectivity index (χ2n) is 5.53. The van der Waals surface area contributed by atoms with Gasteiger partial charge in [-0.25, -0.2) is 0 Å². The maximum atomic E-state index is 10.9. The largest absolute Gasteiger partial charge is 0.481 e. The van der Waals surface area contributed by atoms with Gasteiger partial charge in [-0.15, -0.1) is 0 Å². The molecule has 17 heavy (non-hydrogen) atoms. The van der Waals surface area contributed by atoms with E-state index in [0.29, 0.717) is 12.1 Å². The molecule has 0 spiro atoms. The van der Waals surface area contributed by atoms with Gasteiger partial charge in [0.2, 0.25) is 0 Å². The molecule has 1 heterocycles. The minimum absolute atomic E-state index is 0.140. The second kappa shape index (κ2) is 5.36. The van der Waals surface area contributed by atoms with Crippen LogP contribution in [-0.2, 0) is 4.79 Å². The van der Waals surface area contributed by atoms with Crippen molar-refractivity contribution in [3.8, 4) is 0 Å². The highest BCUT2D eigenvalue weighted by atomic mass is 16.4. The lowest BCUT2D eigenvalue weighted by Crippen LogP contribution is -2.46. The fourth-order valence-electron chi connectivity index (χ4n) is 3.44. The normalized spacial score (nSPS) is 36.9. The molecule has 4 nitrogen and oxygen atoms in total. The highest BCUT2D eigenvalue weighted by Crippen LogP contribution is 2.32. The van der Waals surface area contributed by atoms with Gasteiger partial charge in [0, 0.05) is 12.1 Å². The molecule has 4 heteroatoms. The Bertz CT molecular complexity index is 272. The van der Waals surface area contributed by atoms with Crippen molar-refractivity contribution in [1.29, 1.82) is 0 Å². The van der Waals surface area contributed by atoms with Gasteiger partial charge in [-0.3, -0.25) is 9.69 Å². The topological polar surface area (TPSA) is 60.8 Å². The quantitative estimate of drug-likeness (QED) is 0.785. The van der Waals surface area contributed by atoms with E-state index in [0.717, 1.165) is 45.1 Å². The molecule has 98 valence electrons. The van der Waals surface area contributed by atoms with Gasteiger partial charge in [-0.1, -0.05) is 0 Å². The maximum absolute atomic E-state index is 10.9. The number of hydrogen-bond acceptors (Lipinski definition) is 3. The number of likely N-dealkylation sites (tertiary alicyclic amines) is 1. The summed E-state index contributed by atoms with van der Waals surface area (Å²) in [6, 6.07) is 0.786. The van der Waals surface area contributed by atoms with E-state index in [1.165, 1.54) is 0 Å². The molecule has 2 rings (SSSR count). The summed E-state index contributed by atoms with van der Waals surface area (Å²) in [7, 11) is 0. The molecule has 0 amide bonds. The van der Waals surface area contributed by atoms with Gasteiger partial charge in [0.1, 0.15) is 0 Å². The molecule has 2 N–H and O–H groups in total. The highest BCUT2D eigenvalue weighted by molar-refractivity contribution is 5.70. The average Bonchev–Trinajstić information content (AvgIpc) is 2.78. The van der Waals surface area contributed by atoms with Crippen LogP contribution in [0.4, 0.5) is 0 Å². The van der Waals surface area contributed by atoms with Crippen LogP contribution < -0.4 is 0 Å². The third-order valence-corrected chi connectivity index (χ3v) is 4.41. The minimum Gasteiger partial charge on any atom is -0.481 e. The fraction of sp³-hybridized carbons (Fsp3) is 0.923. The zero-order chi connectivity index (χ0) is 12.4. The van der Waals surface area contributed by atoms with Crippen LogP contribution >= 0.6 is 0 Å². The second-order valence-corrected chi connectivity index (χ2v) is 5.53. The Morgan fingerprint density at radius 2 is 1.88 bits per heavy atom. The third-order valence-electron chi connectivity index (χ3n) is 4.41. The van der Waals surface area contributed by atoms with Crippen molar-refractivity contribution >= 4 is 5.97 Å². The van der Waals surface area contributed by atoms with Crippen LogP contribution in [0.1, 0.15) is 45.4 Å². The van der Waals surface area contributed by atoms with Crippen LogP contribution in [0.15, 0.2) is 0 Å². The lowest BCUT2D eigenvalue weighted by molar-refractivity contribution is -0.143. The first-order chi connectivity index (χ1) is 8.09. The van der Waals surface area contributed by atoms with E-state index in [2.05, 4.69) is 4.90 Å². The molecule has 1 aliphatic carbocycles. The molecule has 2 aliphatic rings. The molecule has 2 atom stereocenters. The number of nitrogens with zero attached hydrogens (tertiary/aromatic N) is 1. The monoisotopic (exact) mass is 241 g/mol. The number of aliphatic hydroxyl groups is 1. The van der Waals surface area contributed by atoms with Crippen LogP contribution in [0.3, 0.4) is 0 Å². The summed E-state index contributed by atoms with van der Waals surface area (Å²) in [5, 5.41) is 18.7. The molecule has 0 bridgehead atoms. The molecule has 0 unspecified atom stereocenters. The molecule has 1 aliphatic heterocycles. The van der Waals surface area contributed by atoms with E-state index in [9.17, 15) is 9.90 Å². The standard InChI is InChI=1S/C13H23NO3/c1-9(15)12-3-2-8-14(12)11-6-4-10(5-7-11)13(16)17/h9-12,15H,2-8H2,1H3,(H,16,17)/t9-,10?,11?,12+/m0/s1. The van der Waals surface area contributed by atoms with Gasteiger partial charge in [0.05, 0.1) is 12.0 Å². The Kier molecular flexibility index (Phi) is 4.05. The van der Waals surface area contributed by atoms with Crippen molar-refractivity contribution in [3.63, 3.8) is 0 Å². The first-order valence-electron chi connectivity index (χ1n) is 6.76. The Labute approximate surface area is 103 Å². The van der Waals surface area contributed by atoms with Crippen molar-refractivity contribution < 1.29 is 15.0 Å². The molecular weight excluding hydrogens is 218 g/mol. The summed E-state index contributed by atoms with van der Waals surface area (Å²) in [6.45, 7) is 2.93. The number of aliphatic hydroxyl groups excluding tert-OH is 1.